The number of carboxylic acid groups (broad SMARTS) is 1. The van der Waals surface area contributed by atoms with Gasteiger partial charge < -0.3 is 10.4 Å². The number of hydrogen-bond acceptors (Lipinski definition) is 2. The van der Waals surface area contributed by atoms with Gasteiger partial charge in [0.05, 0.1) is 6.42 Å². The Labute approximate surface area is 90.0 Å². The number of amides is 1. The predicted octanol–water partition coefficient (Wildman–Crippen LogP) is 1.40. The van der Waals surface area contributed by atoms with Crippen molar-refractivity contribution in [3.05, 3.63) is 0 Å². The number of hydrogen-bond donors (Lipinski definition) is 2. The summed E-state index contributed by atoms with van der Waals surface area (Å²) in [4.78, 5) is 22.0. The van der Waals surface area contributed by atoms with E-state index >= 15 is 0 Å². The normalized spacial score (nSPS) is 16.1. The van der Waals surface area contributed by atoms with Crippen LogP contribution in [0.5, 0.6) is 0 Å². The average molecular weight is 213 g/mol. The number of carboxylic acids is 1. The van der Waals surface area contributed by atoms with Crippen molar-refractivity contribution in [1.82, 2.24) is 5.32 Å². The first-order valence-electron chi connectivity index (χ1n) is 5.37. The second-order valence-electron chi connectivity index (χ2n) is 5.16. The zero-order chi connectivity index (χ0) is 11.5. The molecule has 0 aromatic heterocycles. The second kappa shape index (κ2) is 4.64. The summed E-state index contributed by atoms with van der Waals surface area (Å²) in [6, 6.07) is 0. The van der Waals surface area contributed by atoms with Crippen LogP contribution >= 0.6 is 0 Å². The van der Waals surface area contributed by atoms with Crippen LogP contribution in [-0.2, 0) is 9.59 Å². The quantitative estimate of drug-likeness (QED) is 0.701. The highest BCUT2D eigenvalue weighted by molar-refractivity contribution is 5.77. The Bertz CT molecular complexity index is 257. The minimum Gasteiger partial charge on any atom is -0.481 e. The smallest absolute Gasteiger partial charge is 0.303 e. The third-order valence-corrected chi connectivity index (χ3v) is 2.55. The zero-order valence-corrected chi connectivity index (χ0v) is 9.38. The fraction of sp³-hybridized carbons (Fsp3) is 0.818. The molecule has 1 rings (SSSR count). The van der Waals surface area contributed by atoms with Crippen LogP contribution in [0.3, 0.4) is 0 Å². The van der Waals surface area contributed by atoms with Crippen molar-refractivity contribution in [2.45, 2.75) is 39.5 Å². The third-order valence-electron chi connectivity index (χ3n) is 2.55. The maximum atomic E-state index is 11.5. The molecule has 4 nitrogen and oxygen atoms in total. The lowest BCUT2D eigenvalue weighted by molar-refractivity contribution is -0.139. The molecule has 0 aliphatic heterocycles. The van der Waals surface area contributed by atoms with Crippen molar-refractivity contribution < 1.29 is 14.7 Å². The van der Waals surface area contributed by atoms with Crippen molar-refractivity contribution in [1.29, 1.82) is 0 Å². The minimum atomic E-state index is -0.852. The summed E-state index contributed by atoms with van der Waals surface area (Å²) >= 11 is 0. The molecule has 1 aliphatic carbocycles. The SMILES string of the molecule is CC(C)(CC(=O)O)CC(=O)NCC1CC1. The van der Waals surface area contributed by atoms with Gasteiger partial charge in [0, 0.05) is 13.0 Å². The lowest BCUT2D eigenvalue weighted by atomic mass is 9.85. The fourth-order valence-electron chi connectivity index (χ4n) is 1.55. The van der Waals surface area contributed by atoms with Crippen LogP contribution < -0.4 is 5.32 Å². The predicted molar refractivity (Wildman–Crippen MR) is 56.4 cm³/mol. The van der Waals surface area contributed by atoms with Gasteiger partial charge in [0.2, 0.25) is 5.91 Å². The number of aliphatic carboxylic acids is 1. The molecule has 1 fully saturated rings. The maximum absolute atomic E-state index is 11.5. The molecule has 0 spiro atoms. The van der Waals surface area contributed by atoms with E-state index in [9.17, 15) is 9.59 Å². The molecule has 0 saturated heterocycles. The minimum absolute atomic E-state index is 0.0316. The zero-order valence-electron chi connectivity index (χ0n) is 9.38. The molecule has 0 heterocycles. The first kappa shape index (κ1) is 12.0. The van der Waals surface area contributed by atoms with E-state index in [4.69, 9.17) is 5.11 Å². The molecule has 0 bridgehead atoms. The van der Waals surface area contributed by atoms with Crippen LogP contribution in [0.2, 0.25) is 0 Å². The topological polar surface area (TPSA) is 66.4 Å². The highest BCUT2D eigenvalue weighted by Gasteiger charge is 2.26. The van der Waals surface area contributed by atoms with E-state index < -0.39 is 11.4 Å². The molecular formula is C11H19NO3. The van der Waals surface area contributed by atoms with E-state index in [1.54, 1.807) is 13.8 Å². The van der Waals surface area contributed by atoms with Gasteiger partial charge in [-0.2, -0.15) is 0 Å². The fourth-order valence-corrected chi connectivity index (χ4v) is 1.55. The summed E-state index contributed by atoms with van der Waals surface area (Å²) in [6.07, 6.45) is 2.73. The van der Waals surface area contributed by atoms with Gasteiger partial charge in [-0.1, -0.05) is 13.8 Å². The highest BCUT2D eigenvalue weighted by Crippen LogP contribution is 2.28. The Kier molecular flexibility index (Phi) is 3.72. The van der Waals surface area contributed by atoms with E-state index in [1.165, 1.54) is 12.8 Å². The Balaban J connectivity index is 2.24. The van der Waals surface area contributed by atoms with Crippen molar-refractivity contribution in [2.24, 2.45) is 11.3 Å². The summed E-state index contributed by atoms with van der Waals surface area (Å²) < 4.78 is 0. The van der Waals surface area contributed by atoms with Crippen molar-refractivity contribution >= 4 is 11.9 Å². The van der Waals surface area contributed by atoms with Crippen LogP contribution in [0.15, 0.2) is 0 Å². The largest absolute Gasteiger partial charge is 0.481 e. The Morgan fingerprint density at radius 3 is 2.40 bits per heavy atom. The molecule has 15 heavy (non-hydrogen) atoms. The van der Waals surface area contributed by atoms with Crippen LogP contribution in [0.4, 0.5) is 0 Å². The van der Waals surface area contributed by atoms with Crippen molar-refractivity contribution in [2.75, 3.05) is 6.54 Å². The molecule has 0 radical (unpaired) electrons. The third kappa shape index (κ3) is 5.40. The van der Waals surface area contributed by atoms with E-state index in [0.29, 0.717) is 5.92 Å². The summed E-state index contributed by atoms with van der Waals surface area (Å²) in [7, 11) is 0. The Morgan fingerprint density at radius 1 is 1.33 bits per heavy atom. The first-order valence-corrected chi connectivity index (χ1v) is 5.37. The van der Waals surface area contributed by atoms with Gasteiger partial charge in [0.15, 0.2) is 0 Å². The molecular weight excluding hydrogens is 194 g/mol. The maximum Gasteiger partial charge on any atom is 0.303 e. The molecule has 1 saturated carbocycles. The van der Waals surface area contributed by atoms with Crippen molar-refractivity contribution in [3.8, 4) is 0 Å². The molecule has 0 aromatic carbocycles. The van der Waals surface area contributed by atoms with Crippen LogP contribution in [-0.4, -0.2) is 23.5 Å². The van der Waals surface area contributed by atoms with Crippen molar-refractivity contribution in [3.63, 3.8) is 0 Å². The van der Waals surface area contributed by atoms with Gasteiger partial charge >= 0.3 is 5.97 Å². The molecule has 2 N–H and O–H groups in total. The molecule has 1 amide bonds. The van der Waals surface area contributed by atoms with Gasteiger partial charge in [-0.15, -0.1) is 0 Å². The highest BCUT2D eigenvalue weighted by atomic mass is 16.4. The van der Waals surface area contributed by atoms with E-state index in [1.807, 2.05) is 0 Å². The molecule has 0 atom stereocenters. The van der Waals surface area contributed by atoms with Crippen LogP contribution in [0.25, 0.3) is 0 Å². The van der Waals surface area contributed by atoms with Gasteiger partial charge in [-0.05, 0) is 24.2 Å². The number of rotatable bonds is 6. The average Bonchev–Trinajstić information content (AvgIpc) is 2.79. The Hall–Kier alpha value is -1.06. The van der Waals surface area contributed by atoms with Gasteiger partial charge in [-0.3, -0.25) is 9.59 Å². The molecule has 1 aliphatic rings. The lowest BCUT2D eigenvalue weighted by Crippen LogP contribution is -2.31. The van der Waals surface area contributed by atoms with Gasteiger partial charge in [-0.25, -0.2) is 0 Å². The molecule has 0 aromatic rings. The van der Waals surface area contributed by atoms with Crippen LogP contribution in [0.1, 0.15) is 39.5 Å². The molecule has 0 unspecified atom stereocenters. The van der Waals surface area contributed by atoms with Crippen LogP contribution in [0, 0.1) is 11.3 Å². The Morgan fingerprint density at radius 2 is 1.93 bits per heavy atom. The standard InChI is InChI=1S/C11H19NO3/c1-11(2,6-10(14)15)5-9(13)12-7-8-3-4-8/h8H,3-7H2,1-2H3,(H,12,13)(H,14,15). The van der Waals surface area contributed by atoms with Gasteiger partial charge in [0.25, 0.3) is 0 Å². The monoisotopic (exact) mass is 213 g/mol. The van der Waals surface area contributed by atoms with Gasteiger partial charge in [0.1, 0.15) is 0 Å². The number of nitrogens with one attached hydrogen (secondary N) is 1. The van der Waals surface area contributed by atoms with E-state index in [0.717, 1.165) is 6.54 Å². The summed E-state index contributed by atoms with van der Waals surface area (Å²) in [6.45, 7) is 4.36. The van der Waals surface area contributed by atoms with E-state index in [2.05, 4.69) is 5.32 Å². The first-order chi connectivity index (χ1) is 6.89. The molecule has 86 valence electrons. The number of carbonyl (C=O) groups excluding carboxylic acids is 1. The summed E-state index contributed by atoms with van der Waals surface area (Å²) in [5.41, 5.74) is -0.459. The summed E-state index contributed by atoms with van der Waals surface area (Å²) in [5, 5.41) is 11.5. The number of carbonyl (C=O) groups is 2. The van der Waals surface area contributed by atoms with E-state index in [-0.39, 0.29) is 18.7 Å². The lowest BCUT2D eigenvalue weighted by Gasteiger charge is -2.21. The summed E-state index contributed by atoms with van der Waals surface area (Å²) in [5.74, 6) is -0.223. The molecule has 4 heteroatoms. The second-order valence-corrected chi connectivity index (χ2v) is 5.16.